The number of hydrogen-bond donors (Lipinski definition) is 2. The molecule has 8 heteroatoms. The third-order valence-corrected chi connectivity index (χ3v) is 7.51. The molecule has 0 spiro atoms. The molecule has 2 saturated heterocycles. The Morgan fingerprint density at radius 3 is 1.19 bits per heavy atom. The summed E-state index contributed by atoms with van der Waals surface area (Å²) in [6.45, 7) is 16.4. The van der Waals surface area contributed by atoms with E-state index in [4.69, 9.17) is 29.2 Å². The van der Waals surface area contributed by atoms with Gasteiger partial charge in [0.15, 0.2) is 12.6 Å². The Morgan fingerprint density at radius 1 is 0.625 bits per heavy atom. The first-order valence-electron chi connectivity index (χ1n) is 11.9. The van der Waals surface area contributed by atoms with E-state index in [9.17, 15) is 9.59 Å². The summed E-state index contributed by atoms with van der Waals surface area (Å²) in [6.07, 6.45) is 1.45. The normalized spacial score (nSPS) is 39.6. The van der Waals surface area contributed by atoms with E-state index in [0.717, 1.165) is 12.8 Å². The van der Waals surface area contributed by atoms with Crippen LogP contribution in [0.25, 0.3) is 0 Å². The highest BCUT2D eigenvalue weighted by Gasteiger charge is 2.40. The van der Waals surface area contributed by atoms with Gasteiger partial charge < -0.3 is 29.2 Å². The van der Waals surface area contributed by atoms with E-state index < -0.39 is 11.9 Å². The van der Waals surface area contributed by atoms with Crippen LogP contribution in [0.1, 0.15) is 68.2 Å². The molecule has 0 saturated carbocycles. The summed E-state index contributed by atoms with van der Waals surface area (Å²) in [5.74, 6) is 0.517. The van der Waals surface area contributed by atoms with Crippen molar-refractivity contribution >= 4 is 11.9 Å². The van der Waals surface area contributed by atoms with Crippen molar-refractivity contribution in [3.05, 3.63) is 0 Å². The highest BCUT2D eigenvalue weighted by molar-refractivity contribution is 5.68. The Bertz CT molecular complexity index is 528. The van der Waals surface area contributed by atoms with E-state index >= 15 is 0 Å². The first-order valence-corrected chi connectivity index (χ1v) is 11.9. The van der Waals surface area contributed by atoms with Gasteiger partial charge in [0, 0.05) is 11.8 Å². The van der Waals surface area contributed by atoms with Gasteiger partial charge in [-0.1, -0.05) is 55.4 Å². The predicted octanol–water partition coefficient (Wildman–Crippen LogP) is 4.26. The van der Waals surface area contributed by atoms with Crippen molar-refractivity contribution < 1.29 is 38.7 Å². The zero-order chi connectivity index (χ0) is 24.6. The lowest BCUT2D eigenvalue weighted by atomic mass is 9.78. The smallest absolute Gasteiger partial charge is 0.329 e. The molecule has 0 amide bonds. The first kappa shape index (κ1) is 28.8. The Hall–Kier alpha value is -1.22. The minimum absolute atomic E-state index is 0.171. The summed E-state index contributed by atoms with van der Waals surface area (Å²) >= 11 is 0. The number of carboxylic acids is 2. The van der Waals surface area contributed by atoms with Crippen LogP contribution in [0, 0.1) is 35.5 Å². The van der Waals surface area contributed by atoms with Crippen LogP contribution in [0.5, 0.6) is 0 Å². The van der Waals surface area contributed by atoms with Gasteiger partial charge in [-0.25, -0.2) is 9.59 Å². The maximum atomic E-state index is 10.5. The summed E-state index contributed by atoms with van der Waals surface area (Å²) in [5.41, 5.74) is 0. The lowest BCUT2D eigenvalue weighted by Gasteiger charge is -2.43. The molecule has 2 fully saturated rings. The maximum absolute atomic E-state index is 10.5. The van der Waals surface area contributed by atoms with Gasteiger partial charge in [0.2, 0.25) is 0 Å². The molecule has 2 rings (SSSR count). The van der Waals surface area contributed by atoms with E-state index in [2.05, 4.69) is 55.4 Å². The summed E-state index contributed by atoms with van der Waals surface area (Å²) in [5, 5.41) is 17.2. The van der Waals surface area contributed by atoms with Crippen LogP contribution < -0.4 is 0 Å². The summed E-state index contributed by atoms with van der Waals surface area (Å²) in [4.78, 5) is 20.9. The molecule has 0 bridgehead atoms. The third-order valence-electron chi connectivity index (χ3n) is 7.51. The zero-order valence-corrected chi connectivity index (χ0v) is 20.9. The fraction of sp³-hybridized carbons (Fsp3) is 0.917. The molecule has 2 heterocycles. The van der Waals surface area contributed by atoms with Crippen molar-refractivity contribution in [2.75, 3.05) is 13.2 Å². The van der Waals surface area contributed by atoms with Crippen LogP contribution in [0.2, 0.25) is 0 Å². The lowest BCUT2D eigenvalue weighted by molar-refractivity contribution is -0.248. The van der Waals surface area contributed by atoms with Crippen LogP contribution >= 0.6 is 0 Å². The number of carboxylic acid groups (broad SMARTS) is 2. The van der Waals surface area contributed by atoms with Gasteiger partial charge in [0.25, 0.3) is 0 Å². The van der Waals surface area contributed by atoms with Crippen LogP contribution in [-0.4, -0.2) is 60.2 Å². The highest BCUT2D eigenvalue weighted by atomic mass is 16.7. The highest BCUT2D eigenvalue weighted by Crippen LogP contribution is 2.37. The van der Waals surface area contributed by atoms with Gasteiger partial charge in [-0.05, 0) is 36.5 Å². The van der Waals surface area contributed by atoms with Crippen molar-refractivity contribution in [2.45, 2.75) is 93.0 Å². The van der Waals surface area contributed by atoms with Crippen molar-refractivity contribution in [3.8, 4) is 0 Å². The minimum Gasteiger partial charge on any atom is -0.480 e. The van der Waals surface area contributed by atoms with Crippen LogP contribution in [0.4, 0.5) is 0 Å². The largest absolute Gasteiger partial charge is 0.480 e. The van der Waals surface area contributed by atoms with E-state index in [1.807, 2.05) is 0 Å². The van der Waals surface area contributed by atoms with Gasteiger partial charge >= 0.3 is 11.9 Å². The lowest BCUT2D eigenvalue weighted by Crippen LogP contribution is -2.46. The molecule has 0 aromatic carbocycles. The van der Waals surface area contributed by atoms with E-state index in [1.165, 1.54) is 0 Å². The average Bonchev–Trinajstić information content (AvgIpc) is 2.75. The van der Waals surface area contributed by atoms with Gasteiger partial charge in [0.05, 0.1) is 12.2 Å². The molecule has 32 heavy (non-hydrogen) atoms. The first-order chi connectivity index (χ1) is 14.9. The molecule has 10 atom stereocenters. The molecule has 0 radical (unpaired) electrons. The van der Waals surface area contributed by atoms with Crippen LogP contribution in [0.15, 0.2) is 0 Å². The fourth-order valence-electron chi connectivity index (χ4n) is 4.60. The average molecular weight is 461 g/mol. The van der Waals surface area contributed by atoms with Crippen molar-refractivity contribution in [3.63, 3.8) is 0 Å². The third kappa shape index (κ3) is 7.97. The second-order valence-electron chi connectivity index (χ2n) is 9.47. The number of aliphatic carboxylic acids is 2. The Morgan fingerprint density at radius 2 is 0.938 bits per heavy atom. The standard InChI is InChI=1S/2C12H22O4/c2*1-5-10-8(3)7(2)9(4)12(16-10)15-6-11(13)14/h2*7-10,12H,5-6H2,1-4H3,(H,13,14). The molecule has 188 valence electrons. The van der Waals surface area contributed by atoms with Gasteiger partial charge in [-0.2, -0.15) is 0 Å². The van der Waals surface area contributed by atoms with Gasteiger partial charge in [0.1, 0.15) is 13.2 Å². The summed E-state index contributed by atoms with van der Waals surface area (Å²) in [6, 6.07) is 0. The Balaban J connectivity index is 0.000000320. The van der Waals surface area contributed by atoms with E-state index in [0.29, 0.717) is 23.7 Å². The Kier molecular flexibility index (Phi) is 12.1. The SMILES string of the molecule is CCC1OC(OCC(=O)O)C(C)C(C)C1C.CCC1OC(OCC(=O)O)C(C)C(C)C1C. The Labute approximate surface area is 192 Å². The quantitative estimate of drug-likeness (QED) is 0.553. The number of rotatable bonds is 8. The van der Waals surface area contributed by atoms with Gasteiger partial charge in [-0.3, -0.25) is 0 Å². The van der Waals surface area contributed by atoms with Crippen molar-refractivity contribution in [1.29, 1.82) is 0 Å². The molecule has 0 aromatic heterocycles. The number of ether oxygens (including phenoxy) is 4. The van der Waals surface area contributed by atoms with Crippen molar-refractivity contribution in [1.82, 2.24) is 0 Å². The monoisotopic (exact) mass is 460 g/mol. The molecular weight excluding hydrogens is 416 g/mol. The maximum Gasteiger partial charge on any atom is 0.329 e. The molecule has 2 N–H and O–H groups in total. The van der Waals surface area contributed by atoms with E-state index in [-0.39, 0.29) is 49.8 Å². The summed E-state index contributed by atoms with van der Waals surface area (Å²) in [7, 11) is 0. The second-order valence-corrected chi connectivity index (χ2v) is 9.47. The summed E-state index contributed by atoms with van der Waals surface area (Å²) < 4.78 is 22.2. The van der Waals surface area contributed by atoms with Crippen LogP contribution in [0.3, 0.4) is 0 Å². The zero-order valence-electron chi connectivity index (χ0n) is 20.9. The topological polar surface area (TPSA) is 112 Å². The minimum atomic E-state index is -0.949. The molecular formula is C24H44O8. The van der Waals surface area contributed by atoms with Crippen molar-refractivity contribution in [2.24, 2.45) is 35.5 Å². The number of carbonyl (C=O) groups is 2. The molecule has 2 aliphatic heterocycles. The fourth-order valence-corrected chi connectivity index (χ4v) is 4.60. The molecule has 0 aromatic rings. The second kappa shape index (κ2) is 13.5. The van der Waals surface area contributed by atoms with Gasteiger partial charge in [-0.15, -0.1) is 0 Å². The van der Waals surface area contributed by atoms with E-state index in [1.54, 1.807) is 0 Å². The predicted molar refractivity (Wildman–Crippen MR) is 120 cm³/mol. The molecule has 8 nitrogen and oxygen atoms in total. The molecule has 0 aliphatic carbocycles. The van der Waals surface area contributed by atoms with Crippen LogP contribution in [-0.2, 0) is 28.5 Å². The molecule has 2 aliphatic rings. The molecule has 10 unspecified atom stereocenters. The number of hydrogen-bond acceptors (Lipinski definition) is 6.